The van der Waals surface area contributed by atoms with Gasteiger partial charge in [-0.1, -0.05) is 19.1 Å². The van der Waals surface area contributed by atoms with E-state index in [2.05, 4.69) is 29.5 Å². The van der Waals surface area contributed by atoms with Crippen molar-refractivity contribution < 1.29 is 14.3 Å². The van der Waals surface area contributed by atoms with Crippen molar-refractivity contribution in [2.45, 2.75) is 19.8 Å². The van der Waals surface area contributed by atoms with Crippen molar-refractivity contribution >= 4 is 34.5 Å². The Kier molecular flexibility index (Phi) is 5.39. The molecule has 0 spiro atoms. The third kappa shape index (κ3) is 3.94. The monoisotopic (exact) mass is 387 g/mol. The van der Waals surface area contributed by atoms with E-state index in [1.165, 1.54) is 0 Å². The van der Waals surface area contributed by atoms with Gasteiger partial charge < -0.3 is 9.64 Å². The molecular weight excluding hydrogens is 369 g/mol. The van der Waals surface area contributed by atoms with Crippen LogP contribution in [0.25, 0.3) is 0 Å². The summed E-state index contributed by atoms with van der Waals surface area (Å²) in [5.41, 5.74) is 0.508. The van der Waals surface area contributed by atoms with Gasteiger partial charge in [-0.15, -0.1) is 0 Å². The Morgan fingerprint density at radius 2 is 1.95 bits per heavy atom. The van der Waals surface area contributed by atoms with E-state index >= 15 is 0 Å². The number of hydrogen-bond acceptors (Lipinski definition) is 3. The number of halogens is 1. The van der Waals surface area contributed by atoms with Crippen LogP contribution in [0.2, 0.25) is 0 Å². The van der Waals surface area contributed by atoms with E-state index in [-0.39, 0.29) is 12.5 Å². The molecule has 1 amide bonds. The third-order valence-corrected chi connectivity index (χ3v) is 4.50. The molecule has 1 fully saturated rings. The molecule has 0 radical (unpaired) electrons. The molecule has 0 aromatic heterocycles. The predicted molar refractivity (Wildman–Crippen MR) is 84.4 cm³/mol. The van der Waals surface area contributed by atoms with Crippen molar-refractivity contribution in [1.82, 2.24) is 4.90 Å². The maximum absolute atomic E-state index is 12.0. The van der Waals surface area contributed by atoms with Gasteiger partial charge in [-0.2, -0.15) is 0 Å². The zero-order valence-corrected chi connectivity index (χ0v) is 13.6. The van der Waals surface area contributed by atoms with Crippen molar-refractivity contribution in [1.29, 1.82) is 0 Å². The summed E-state index contributed by atoms with van der Waals surface area (Å²) in [7, 11) is 0. The highest BCUT2D eigenvalue weighted by atomic mass is 127. The molecule has 0 aliphatic carbocycles. The van der Waals surface area contributed by atoms with Gasteiger partial charge in [0.2, 0.25) is 0 Å². The second-order valence-electron chi connectivity index (χ2n) is 5.12. The van der Waals surface area contributed by atoms with Gasteiger partial charge in [-0.25, -0.2) is 4.79 Å². The minimum absolute atomic E-state index is 0.101. The molecule has 5 heteroatoms. The van der Waals surface area contributed by atoms with Crippen LogP contribution in [0.1, 0.15) is 30.1 Å². The fourth-order valence-corrected chi connectivity index (χ4v) is 2.79. The van der Waals surface area contributed by atoms with Gasteiger partial charge in [0.15, 0.2) is 6.61 Å². The van der Waals surface area contributed by atoms with Crippen LogP contribution in [0, 0.1) is 9.49 Å². The van der Waals surface area contributed by atoms with Crippen LogP contribution in [-0.4, -0.2) is 36.5 Å². The first kappa shape index (κ1) is 15.3. The second-order valence-corrected chi connectivity index (χ2v) is 6.28. The van der Waals surface area contributed by atoms with Gasteiger partial charge in [-0.05, 0) is 53.5 Å². The molecule has 1 aliphatic rings. The average molecular weight is 387 g/mol. The number of hydrogen-bond donors (Lipinski definition) is 0. The van der Waals surface area contributed by atoms with E-state index in [9.17, 15) is 9.59 Å². The lowest BCUT2D eigenvalue weighted by Gasteiger charge is -2.30. The number of likely N-dealkylation sites (tertiary alicyclic amines) is 1. The molecule has 1 aromatic rings. The number of esters is 1. The average Bonchev–Trinajstić information content (AvgIpc) is 2.45. The van der Waals surface area contributed by atoms with Gasteiger partial charge in [0.05, 0.1) is 5.56 Å². The van der Waals surface area contributed by atoms with Gasteiger partial charge in [0.25, 0.3) is 5.91 Å². The van der Waals surface area contributed by atoms with Crippen molar-refractivity contribution in [3.05, 3.63) is 33.4 Å². The van der Waals surface area contributed by atoms with E-state index in [0.717, 1.165) is 29.5 Å². The van der Waals surface area contributed by atoms with Crippen LogP contribution in [0.5, 0.6) is 0 Å². The number of carbonyl (C=O) groups excluding carboxylic acids is 2. The molecule has 20 heavy (non-hydrogen) atoms. The molecule has 0 unspecified atom stereocenters. The van der Waals surface area contributed by atoms with Crippen LogP contribution >= 0.6 is 22.6 Å². The van der Waals surface area contributed by atoms with Crippen molar-refractivity contribution in [2.24, 2.45) is 5.92 Å². The van der Waals surface area contributed by atoms with Gasteiger partial charge in [-0.3, -0.25) is 4.79 Å². The fraction of sp³-hybridized carbons (Fsp3) is 0.467. The topological polar surface area (TPSA) is 46.6 Å². The lowest BCUT2D eigenvalue weighted by molar-refractivity contribution is -0.135. The maximum atomic E-state index is 12.0. The standard InChI is InChI=1S/C15H18INO3/c1-11-6-8-17(9-7-11)14(18)10-20-15(19)12-4-2-3-5-13(12)16/h2-5,11H,6-10H2,1H3. The predicted octanol–water partition coefficient (Wildman–Crippen LogP) is 2.71. The van der Waals surface area contributed by atoms with Crippen LogP contribution < -0.4 is 0 Å². The van der Waals surface area contributed by atoms with Crippen LogP contribution in [0.4, 0.5) is 0 Å². The lowest BCUT2D eigenvalue weighted by atomic mass is 9.99. The van der Waals surface area contributed by atoms with Crippen molar-refractivity contribution in [3.8, 4) is 0 Å². The summed E-state index contributed by atoms with van der Waals surface area (Å²) >= 11 is 2.08. The van der Waals surface area contributed by atoms with Crippen LogP contribution in [0.3, 0.4) is 0 Å². The minimum atomic E-state index is -0.436. The summed E-state index contributed by atoms with van der Waals surface area (Å²) in [6.45, 7) is 3.55. The number of piperidine rings is 1. The van der Waals surface area contributed by atoms with E-state index in [1.54, 1.807) is 17.0 Å². The molecule has 4 nitrogen and oxygen atoms in total. The molecule has 1 aliphatic heterocycles. The molecule has 1 heterocycles. The van der Waals surface area contributed by atoms with E-state index in [0.29, 0.717) is 11.5 Å². The Labute approximate surface area is 132 Å². The molecule has 0 atom stereocenters. The van der Waals surface area contributed by atoms with Gasteiger partial charge in [0, 0.05) is 16.7 Å². The minimum Gasteiger partial charge on any atom is -0.452 e. The maximum Gasteiger partial charge on any atom is 0.339 e. The summed E-state index contributed by atoms with van der Waals surface area (Å²) in [6, 6.07) is 7.19. The fourth-order valence-electron chi connectivity index (χ4n) is 2.18. The molecular formula is C15H18INO3. The summed E-state index contributed by atoms with van der Waals surface area (Å²) in [5, 5.41) is 0. The smallest absolute Gasteiger partial charge is 0.339 e. The molecule has 1 saturated heterocycles. The largest absolute Gasteiger partial charge is 0.452 e. The number of benzene rings is 1. The van der Waals surface area contributed by atoms with Crippen molar-refractivity contribution in [3.63, 3.8) is 0 Å². The quantitative estimate of drug-likeness (QED) is 0.592. The van der Waals surface area contributed by atoms with E-state index < -0.39 is 5.97 Å². The summed E-state index contributed by atoms with van der Waals surface area (Å²) in [5.74, 6) is 0.136. The summed E-state index contributed by atoms with van der Waals surface area (Å²) < 4.78 is 5.94. The summed E-state index contributed by atoms with van der Waals surface area (Å²) in [4.78, 5) is 25.7. The van der Waals surface area contributed by atoms with E-state index in [4.69, 9.17) is 4.74 Å². The Bertz CT molecular complexity index is 496. The highest BCUT2D eigenvalue weighted by Gasteiger charge is 2.21. The number of nitrogens with zero attached hydrogens (tertiary/aromatic N) is 1. The molecule has 0 N–H and O–H groups in total. The Balaban J connectivity index is 1.84. The van der Waals surface area contributed by atoms with Gasteiger partial charge >= 0.3 is 5.97 Å². The lowest BCUT2D eigenvalue weighted by Crippen LogP contribution is -2.40. The van der Waals surface area contributed by atoms with Crippen LogP contribution in [-0.2, 0) is 9.53 Å². The highest BCUT2D eigenvalue weighted by molar-refractivity contribution is 14.1. The normalized spacial score (nSPS) is 16.0. The van der Waals surface area contributed by atoms with Gasteiger partial charge in [0.1, 0.15) is 0 Å². The number of rotatable bonds is 3. The zero-order valence-electron chi connectivity index (χ0n) is 11.5. The molecule has 0 bridgehead atoms. The zero-order chi connectivity index (χ0) is 14.5. The Morgan fingerprint density at radius 3 is 2.60 bits per heavy atom. The second kappa shape index (κ2) is 7.06. The number of amides is 1. The highest BCUT2D eigenvalue weighted by Crippen LogP contribution is 2.16. The summed E-state index contributed by atoms with van der Waals surface area (Å²) in [6.07, 6.45) is 2.05. The first-order valence-electron chi connectivity index (χ1n) is 6.77. The molecule has 108 valence electrons. The van der Waals surface area contributed by atoms with E-state index in [1.807, 2.05) is 12.1 Å². The number of ether oxygens (including phenoxy) is 1. The Hall–Kier alpha value is -1.11. The molecule has 2 rings (SSSR count). The van der Waals surface area contributed by atoms with Crippen molar-refractivity contribution in [2.75, 3.05) is 19.7 Å². The third-order valence-electron chi connectivity index (χ3n) is 3.56. The Morgan fingerprint density at radius 1 is 1.30 bits per heavy atom. The SMILES string of the molecule is CC1CCN(C(=O)COC(=O)c2ccccc2I)CC1. The molecule has 1 aromatic carbocycles. The first-order valence-corrected chi connectivity index (χ1v) is 7.85. The van der Waals surface area contributed by atoms with Crippen LogP contribution in [0.15, 0.2) is 24.3 Å². The molecule has 0 saturated carbocycles. The first-order chi connectivity index (χ1) is 9.58. The number of carbonyl (C=O) groups is 2.